The van der Waals surface area contributed by atoms with Gasteiger partial charge in [-0.15, -0.1) is 0 Å². The van der Waals surface area contributed by atoms with Crippen LogP contribution in [0.25, 0.3) is 0 Å². The maximum absolute atomic E-state index is 11.4. The molecule has 0 aromatic heterocycles. The summed E-state index contributed by atoms with van der Waals surface area (Å²) < 4.78 is 4.99. The molecule has 0 N–H and O–H groups in total. The lowest BCUT2D eigenvalue weighted by Gasteiger charge is -2.01. The molecule has 0 aliphatic heterocycles. The molecule has 0 saturated heterocycles. The van der Waals surface area contributed by atoms with E-state index in [-0.39, 0.29) is 11.9 Å². The minimum Gasteiger partial charge on any atom is -0.466 e. The molecule has 80 valence electrons. The lowest BCUT2D eigenvalue weighted by molar-refractivity contribution is -0.145. The molecule has 0 radical (unpaired) electrons. The van der Waals surface area contributed by atoms with Crippen LogP contribution in [0.4, 0.5) is 0 Å². The fraction of sp³-hybridized carbons (Fsp3) is 0.462. The number of carbonyl (C=O) groups is 1. The molecule has 0 bridgehead atoms. The molecule has 2 nitrogen and oxygen atoms in total. The van der Waals surface area contributed by atoms with Crippen LogP contribution in [0.1, 0.15) is 18.9 Å². The molecule has 0 amide bonds. The van der Waals surface area contributed by atoms with Gasteiger partial charge in [-0.3, -0.25) is 4.79 Å². The predicted octanol–water partition coefficient (Wildman–Crippen LogP) is 2.43. The second-order valence-corrected chi connectivity index (χ2v) is 4.04. The van der Waals surface area contributed by atoms with Gasteiger partial charge < -0.3 is 4.74 Å². The van der Waals surface area contributed by atoms with Crippen molar-refractivity contribution < 1.29 is 9.53 Å². The van der Waals surface area contributed by atoms with Crippen molar-refractivity contribution >= 4 is 5.97 Å². The zero-order chi connectivity index (χ0) is 10.7. The summed E-state index contributed by atoms with van der Waals surface area (Å²) in [5.41, 5.74) is 1.31. The van der Waals surface area contributed by atoms with Gasteiger partial charge in [0.1, 0.15) is 0 Å². The number of hydrogen-bond donors (Lipinski definition) is 0. The van der Waals surface area contributed by atoms with Crippen LogP contribution < -0.4 is 0 Å². The second-order valence-electron chi connectivity index (χ2n) is 4.04. The molecule has 1 aromatic carbocycles. The average molecular weight is 204 g/mol. The minimum atomic E-state index is -0.0153. The number of ether oxygens (including phenoxy) is 1. The molecule has 0 heterocycles. The van der Waals surface area contributed by atoms with E-state index in [0.29, 0.717) is 12.5 Å². The fourth-order valence-electron chi connectivity index (χ4n) is 1.93. The van der Waals surface area contributed by atoms with Crippen molar-refractivity contribution in [3.8, 4) is 0 Å². The predicted molar refractivity (Wildman–Crippen MR) is 58.4 cm³/mol. The third kappa shape index (κ3) is 2.58. The molecule has 2 heteroatoms. The van der Waals surface area contributed by atoms with Crippen molar-refractivity contribution in [1.82, 2.24) is 0 Å². The standard InChI is InChI=1S/C13H16O2/c1-2-15-13(14)12-9-11(12)8-10-6-4-3-5-7-10/h3-7,11-12H,2,8-9H2,1H3/t11-,12+/m1/s1. The number of rotatable bonds is 4. The number of benzene rings is 1. The SMILES string of the molecule is CCOC(=O)[C@H]1C[C@H]1Cc1ccccc1. The molecular weight excluding hydrogens is 188 g/mol. The molecular formula is C13H16O2. The highest BCUT2D eigenvalue weighted by atomic mass is 16.5. The van der Waals surface area contributed by atoms with E-state index in [2.05, 4.69) is 12.1 Å². The highest BCUT2D eigenvalue weighted by Gasteiger charge is 2.43. The first-order chi connectivity index (χ1) is 7.31. The van der Waals surface area contributed by atoms with E-state index < -0.39 is 0 Å². The topological polar surface area (TPSA) is 26.3 Å². The van der Waals surface area contributed by atoms with Gasteiger partial charge in [0.15, 0.2) is 0 Å². The Labute approximate surface area is 90.3 Å². The molecule has 1 aliphatic rings. The van der Waals surface area contributed by atoms with Gasteiger partial charge in [-0.05, 0) is 31.2 Å². The molecule has 1 saturated carbocycles. The van der Waals surface area contributed by atoms with E-state index >= 15 is 0 Å². The second kappa shape index (κ2) is 4.47. The molecule has 1 aliphatic carbocycles. The summed E-state index contributed by atoms with van der Waals surface area (Å²) >= 11 is 0. The Morgan fingerprint density at radius 1 is 1.40 bits per heavy atom. The summed E-state index contributed by atoms with van der Waals surface area (Å²) in [7, 11) is 0. The van der Waals surface area contributed by atoms with Gasteiger partial charge in [0, 0.05) is 0 Å². The Hall–Kier alpha value is -1.31. The van der Waals surface area contributed by atoms with Gasteiger partial charge in [0.25, 0.3) is 0 Å². The summed E-state index contributed by atoms with van der Waals surface area (Å²) in [6.07, 6.45) is 2.00. The number of carbonyl (C=O) groups excluding carboxylic acids is 1. The first kappa shape index (κ1) is 10.2. The van der Waals surface area contributed by atoms with E-state index in [0.717, 1.165) is 12.8 Å². The summed E-state index contributed by atoms with van der Waals surface area (Å²) in [5, 5.41) is 0. The third-order valence-corrected chi connectivity index (χ3v) is 2.85. The van der Waals surface area contributed by atoms with Crippen LogP contribution in [-0.2, 0) is 16.0 Å². The zero-order valence-corrected chi connectivity index (χ0v) is 8.98. The van der Waals surface area contributed by atoms with Crippen LogP contribution in [0.3, 0.4) is 0 Å². The Morgan fingerprint density at radius 2 is 2.13 bits per heavy atom. The van der Waals surface area contributed by atoms with Crippen LogP contribution in [0, 0.1) is 11.8 Å². The molecule has 15 heavy (non-hydrogen) atoms. The Bertz CT molecular complexity index is 332. The van der Waals surface area contributed by atoms with Crippen LogP contribution in [0.15, 0.2) is 30.3 Å². The summed E-state index contributed by atoms with van der Waals surface area (Å²) in [6, 6.07) is 10.3. The van der Waals surface area contributed by atoms with E-state index in [1.165, 1.54) is 5.56 Å². The molecule has 2 atom stereocenters. The minimum absolute atomic E-state index is 0.0153. The average Bonchev–Trinajstić information content (AvgIpc) is 2.99. The molecule has 1 fully saturated rings. The quantitative estimate of drug-likeness (QED) is 0.704. The van der Waals surface area contributed by atoms with Gasteiger partial charge in [-0.2, -0.15) is 0 Å². The van der Waals surface area contributed by atoms with Crippen LogP contribution in [0.5, 0.6) is 0 Å². The summed E-state index contributed by atoms with van der Waals surface area (Å²) in [6.45, 7) is 2.35. The van der Waals surface area contributed by atoms with Gasteiger partial charge in [0.2, 0.25) is 0 Å². The Morgan fingerprint density at radius 3 is 2.80 bits per heavy atom. The fourth-order valence-corrected chi connectivity index (χ4v) is 1.93. The van der Waals surface area contributed by atoms with Crippen molar-refractivity contribution in [1.29, 1.82) is 0 Å². The molecule has 2 rings (SSSR count). The lowest BCUT2D eigenvalue weighted by atomic mass is 10.1. The van der Waals surface area contributed by atoms with Crippen molar-refractivity contribution in [2.75, 3.05) is 6.61 Å². The van der Waals surface area contributed by atoms with E-state index in [1.807, 2.05) is 25.1 Å². The van der Waals surface area contributed by atoms with Gasteiger partial charge in [-0.1, -0.05) is 30.3 Å². The van der Waals surface area contributed by atoms with Crippen LogP contribution >= 0.6 is 0 Å². The van der Waals surface area contributed by atoms with E-state index in [1.54, 1.807) is 0 Å². The van der Waals surface area contributed by atoms with Crippen molar-refractivity contribution in [2.24, 2.45) is 11.8 Å². The van der Waals surface area contributed by atoms with Crippen molar-refractivity contribution in [3.05, 3.63) is 35.9 Å². The maximum atomic E-state index is 11.4. The Kier molecular flexibility index (Phi) is 3.05. The van der Waals surface area contributed by atoms with Crippen LogP contribution in [-0.4, -0.2) is 12.6 Å². The van der Waals surface area contributed by atoms with Crippen molar-refractivity contribution in [3.63, 3.8) is 0 Å². The lowest BCUT2D eigenvalue weighted by Crippen LogP contribution is -2.08. The smallest absolute Gasteiger partial charge is 0.309 e. The zero-order valence-electron chi connectivity index (χ0n) is 8.98. The summed E-state index contributed by atoms with van der Waals surface area (Å²) in [5.74, 6) is 0.648. The highest BCUT2D eigenvalue weighted by molar-refractivity contribution is 5.75. The van der Waals surface area contributed by atoms with Gasteiger partial charge in [-0.25, -0.2) is 0 Å². The number of hydrogen-bond acceptors (Lipinski definition) is 2. The molecule has 0 spiro atoms. The first-order valence-corrected chi connectivity index (χ1v) is 5.52. The van der Waals surface area contributed by atoms with E-state index in [9.17, 15) is 4.79 Å². The number of esters is 1. The van der Waals surface area contributed by atoms with E-state index in [4.69, 9.17) is 4.74 Å². The monoisotopic (exact) mass is 204 g/mol. The Balaban J connectivity index is 1.83. The first-order valence-electron chi connectivity index (χ1n) is 5.52. The van der Waals surface area contributed by atoms with Gasteiger partial charge in [0.05, 0.1) is 12.5 Å². The summed E-state index contributed by atoms with van der Waals surface area (Å²) in [4.78, 5) is 11.4. The molecule has 0 unspecified atom stereocenters. The third-order valence-electron chi connectivity index (χ3n) is 2.85. The highest BCUT2D eigenvalue weighted by Crippen LogP contribution is 2.41. The largest absolute Gasteiger partial charge is 0.466 e. The van der Waals surface area contributed by atoms with Gasteiger partial charge >= 0.3 is 5.97 Å². The molecule has 1 aromatic rings. The normalized spacial score (nSPS) is 23.5. The maximum Gasteiger partial charge on any atom is 0.309 e. The van der Waals surface area contributed by atoms with Crippen molar-refractivity contribution in [2.45, 2.75) is 19.8 Å². The van der Waals surface area contributed by atoms with Crippen LogP contribution in [0.2, 0.25) is 0 Å².